The second kappa shape index (κ2) is 13.1. The minimum Gasteiger partial charge on any atom is -0.461 e. The van der Waals surface area contributed by atoms with E-state index >= 15 is 0 Å². The first-order chi connectivity index (χ1) is 16.8. The van der Waals surface area contributed by atoms with E-state index in [4.69, 9.17) is 4.74 Å². The lowest BCUT2D eigenvalue weighted by atomic mass is 9.95. The number of aryl methyl sites for hydroxylation is 1. The smallest absolute Gasteiger partial charge is 0.355 e. The number of amides is 2. The van der Waals surface area contributed by atoms with E-state index in [1.807, 2.05) is 18.7 Å². The van der Waals surface area contributed by atoms with Gasteiger partial charge in [0.15, 0.2) is 0 Å². The van der Waals surface area contributed by atoms with Crippen molar-refractivity contribution >= 4 is 17.8 Å². The Hall–Kier alpha value is -2.35. The number of piperidine rings is 2. The maximum absolute atomic E-state index is 12.8. The summed E-state index contributed by atoms with van der Waals surface area (Å²) in [4.78, 5) is 45.0. The standard InChI is InChI=1S/C27H44N4O4/c1-5-35-27(34)25-20(3)23(21(4)29-25)9-10-24(32)31-16-11-22(12-17-31)26(33)28-13-7-15-30-14-6-8-19(2)18-30/h19,22,29H,5-18H2,1-4H3,(H,28,33)/t19-/m0/s1. The Balaban J connectivity index is 1.36. The first-order valence-electron chi connectivity index (χ1n) is 13.4. The Morgan fingerprint density at radius 2 is 1.86 bits per heavy atom. The van der Waals surface area contributed by atoms with Crippen molar-refractivity contribution < 1.29 is 19.1 Å². The normalized spacial score (nSPS) is 19.5. The number of carbonyl (C=O) groups excluding carboxylic acids is 3. The third-order valence-electron chi connectivity index (χ3n) is 7.57. The number of carbonyl (C=O) groups is 3. The number of aromatic amines is 1. The topological polar surface area (TPSA) is 94.7 Å². The number of likely N-dealkylation sites (tertiary alicyclic amines) is 2. The van der Waals surface area contributed by atoms with Crippen LogP contribution in [0.5, 0.6) is 0 Å². The maximum atomic E-state index is 12.8. The Kier molecular flexibility index (Phi) is 10.2. The van der Waals surface area contributed by atoms with Gasteiger partial charge in [-0.05, 0) is 89.4 Å². The van der Waals surface area contributed by atoms with E-state index in [1.54, 1.807) is 6.92 Å². The van der Waals surface area contributed by atoms with Crippen molar-refractivity contribution in [1.82, 2.24) is 20.1 Å². The third-order valence-corrected chi connectivity index (χ3v) is 7.57. The van der Waals surface area contributed by atoms with Crippen molar-refractivity contribution in [2.45, 2.75) is 72.6 Å². The molecule has 3 heterocycles. The first-order valence-corrected chi connectivity index (χ1v) is 13.4. The molecule has 0 spiro atoms. The molecule has 0 aromatic carbocycles. The molecule has 196 valence electrons. The molecule has 2 aliphatic rings. The van der Waals surface area contributed by atoms with Crippen LogP contribution in [0.3, 0.4) is 0 Å². The van der Waals surface area contributed by atoms with E-state index in [2.05, 4.69) is 22.1 Å². The molecule has 2 saturated heterocycles. The summed E-state index contributed by atoms with van der Waals surface area (Å²) in [6.07, 6.45) is 6.02. The van der Waals surface area contributed by atoms with Crippen LogP contribution in [0.15, 0.2) is 0 Å². The van der Waals surface area contributed by atoms with Crippen LogP contribution in [-0.4, -0.2) is 78.4 Å². The van der Waals surface area contributed by atoms with E-state index < -0.39 is 0 Å². The monoisotopic (exact) mass is 488 g/mol. The molecule has 0 aliphatic carbocycles. The van der Waals surface area contributed by atoms with Gasteiger partial charge in [0.05, 0.1) is 6.61 Å². The SMILES string of the molecule is CCOC(=O)c1[nH]c(C)c(CCC(=O)N2CCC(C(=O)NCCCN3CCC[C@H](C)C3)CC2)c1C. The van der Waals surface area contributed by atoms with Gasteiger partial charge in [0.2, 0.25) is 11.8 Å². The molecule has 0 bridgehead atoms. The number of hydrogen-bond acceptors (Lipinski definition) is 5. The molecule has 2 amide bonds. The first kappa shape index (κ1) is 27.2. The quantitative estimate of drug-likeness (QED) is 0.390. The lowest BCUT2D eigenvalue weighted by molar-refractivity contribution is -0.135. The number of aromatic nitrogens is 1. The van der Waals surface area contributed by atoms with Crippen molar-refractivity contribution in [3.8, 4) is 0 Å². The molecule has 1 aromatic rings. The van der Waals surface area contributed by atoms with Crippen molar-refractivity contribution in [3.05, 3.63) is 22.5 Å². The van der Waals surface area contributed by atoms with Gasteiger partial charge in [-0.15, -0.1) is 0 Å². The van der Waals surface area contributed by atoms with Gasteiger partial charge < -0.3 is 24.8 Å². The highest BCUT2D eigenvalue weighted by atomic mass is 16.5. The minimum absolute atomic E-state index is 0.00430. The van der Waals surface area contributed by atoms with Crippen LogP contribution in [0.1, 0.15) is 79.7 Å². The third kappa shape index (κ3) is 7.56. The van der Waals surface area contributed by atoms with Crippen LogP contribution in [-0.2, 0) is 20.7 Å². The van der Waals surface area contributed by atoms with Crippen molar-refractivity contribution in [2.24, 2.45) is 11.8 Å². The van der Waals surface area contributed by atoms with E-state index in [-0.39, 0.29) is 23.7 Å². The summed E-state index contributed by atoms with van der Waals surface area (Å²) in [5.74, 6) is 0.665. The Labute approximate surface area is 210 Å². The molecule has 8 heteroatoms. The Morgan fingerprint density at radius 3 is 2.54 bits per heavy atom. The number of rotatable bonds is 10. The number of esters is 1. The van der Waals surface area contributed by atoms with Gasteiger partial charge in [0.25, 0.3) is 0 Å². The maximum Gasteiger partial charge on any atom is 0.355 e. The van der Waals surface area contributed by atoms with Gasteiger partial charge in [-0.2, -0.15) is 0 Å². The lowest BCUT2D eigenvalue weighted by Crippen LogP contribution is -2.43. The summed E-state index contributed by atoms with van der Waals surface area (Å²) < 4.78 is 5.11. The van der Waals surface area contributed by atoms with Crippen LogP contribution >= 0.6 is 0 Å². The average molecular weight is 489 g/mol. The summed E-state index contributed by atoms with van der Waals surface area (Å²) in [7, 11) is 0. The molecule has 0 saturated carbocycles. The fourth-order valence-corrected chi connectivity index (χ4v) is 5.50. The fourth-order valence-electron chi connectivity index (χ4n) is 5.50. The summed E-state index contributed by atoms with van der Waals surface area (Å²) in [5.41, 5.74) is 3.25. The minimum atomic E-state index is -0.355. The van der Waals surface area contributed by atoms with Gasteiger partial charge in [-0.25, -0.2) is 4.79 Å². The summed E-state index contributed by atoms with van der Waals surface area (Å²) in [6.45, 7) is 13.6. The Bertz CT molecular complexity index is 873. The van der Waals surface area contributed by atoms with E-state index in [0.717, 1.165) is 55.1 Å². The van der Waals surface area contributed by atoms with Crippen LogP contribution in [0, 0.1) is 25.7 Å². The lowest BCUT2D eigenvalue weighted by Gasteiger charge is -2.32. The second-order valence-electron chi connectivity index (χ2n) is 10.3. The summed E-state index contributed by atoms with van der Waals surface area (Å²) in [6, 6.07) is 0. The molecular weight excluding hydrogens is 444 g/mol. The Morgan fingerprint density at radius 1 is 1.11 bits per heavy atom. The van der Waals surface area contributed by atoms with Crippen LogP contribution in [0.25, 0.3) is 0 Å². The molecule has 1 aromatic heterocycles. The summed E-state index contributed by atoms with van der Waals surface area (Å²) >= 11 is 0. The van der Waals surface area contributed by atoms with Crippen LogP contribution < -0.4 is 5.32 Å². The number of ether oxygens (including phenoxy) is 1. The average Bonchev–Trinajstić information content (AvgIpc) is 3.13. The molecular formula is C27H44N4O4. The predicted molar refractivity (Wildman–Crippen MR) is 136 cm³/mol. The van der Waals surface area contributed by atoms with E-state index in [0.29, 0.717) is 38.2 Å². The molecule has 3 rings (SSSR count). The number of H-pyrrole nitrogens is 1. The fraction of sp³-hybridized carbons (Fsp3) is 0.741. The second-order valence-corrected chi connectivity index (χ2v) is 10.3. The largest absolute Gasteiger partial charge is 0.461 e. The van der Waals surface area contributed by atoms with Crippen molar-refractivity contribution in [3.63, 3.8) is 0 Å². The zero-order chi connectivity index (χ0) is 25.4. The van der Waals surface area contributed by atoms with Crippen LogP contribution in [0.4, 0.5) is 0 Å². The predicted octanol–water partition coefficient (Wildman–Crippen LogP) is 3.22. The van der Waals surface area contributed by atoms with Crippen LogP contribution in [0.2, 0.25) is 0 Å². The highest BCUT2D eigenvalue weighted by Gasteiger charge is 2.27. The highest BCUT2D eigenvalue weighted by molar-refractivity contribution is 5.90. The van der Waals surface area contributed by atoms with Crippen molar-refractivity contribution in [1.29, 1.82) is 0 Å². The van der Waals surface area contributed by atoms with Gasteiger partial charge in [0, 0.05) is 44.2 Å². The zero-order valence-corrected chi connectivity index (χ0v) is 22.1. The van der Waals surface area contributed by atoms with Gasteiger partial charge in [-0.3, -0.25) is 9.59 Å². The van der Waals surface area contributed by atoms with E-state index in [9.17, 15) is 14.4 Å². The number of nitrogens with one attached hydrogen (secondary N) is 2. The van der Waals surface area contributed by atoms with Gasteiger partial charge in [0.1, 0.15) is 5.69 Å². The summed E-state index contributed by atoms with van der Waals surface area (Å²) in [5, 5.41) is 3.12. The molecule has 0 radical (unpaired) electrons. The molecule has 2 fully saturated rings. The molecule has 35 heavy (non-hydrogen) atoms. The molecule has 0 unspecified atom stereocenters. The molecule has 8 nitrogen and oxygen atoms in total. The molecule has 2 N–H and O–H groups in total. The number of nitrogens with zero attached hydrogens (tertiary/aromatic N) is 2. The van der Waals surface area contributed by atoms with Gasteiger partial charge in [-0.1, -0.05) is 6.92 Å². The number of hydrogen-bond donors (Lipinski definition) is 2. The van der Waals surface area contributed by atoms with Gasteiger partial charge >= 0.3 is 5.97 Å². The zero-order valence-electron chi connectivity index (χ0n) is 22.1. The van der Waals surface area contributed by atoms with Crippen molar-refractivity contribution in [2.75, 3.05) is 45.9 Å². The molecule has 2 aliphatic heterocycles. The molecule has 1 atom stereocenters. The van der Waals surface area contributed by atoms with E-state index in [1.165, 1.54) is 25.9 Å². The highest BCUT2D eigenvalue weighted by Crippen LogP contribution is 2.22.